The van der Waals surface area contributed by atoms with E-state index in [4.69, 9.17) is 4.74 Å². The lowest BCUT2D eigenvalue weighted by Crippen LogP contribution is -2.50. The fourth-order valence-electron chi connectivity index (χ4n) is 3.57. The van der Waals surface area contributed by atoms with Crippen LogP contribution in [0, 0.1) is 5.92 Å². The summed E-state index contributed by atoms with van der Waals surface area (Å²) in [5.74, 6) is 2.27. The van der Waals surface area contributed by atoms with Crippen LogP contribution in [-0.2, 0) is 11.3 Å². The van der Waals surface area contributed by atoms with Crippen molar-refractivity contribution in [3.63, 3.8) is 0 Å². The molecule has 1 fully saturated rings. The van der Waals surface area contributed by atoms with Gasteiger partial charge in [-0.2, -0.15) is 5.10 Å². The summed E-state index contributed by atoms with van der Waals surface area (Å²) in [6.45, 7) is 9.74. The van der Waals surface area contributed by atoms with E-state index in [1.54, 1.807) is 17.1 Å². The third-order valence-electron chi connectivity index (χ3n) is 5.04. The Morgan fingerprint density at radius 1 is 1.23 bits per heavy atom. The van der Waals surface area contributed by atoms with Crippen LogP contribution in [0.25, 0.3) is 5.82 Å². The molecule has 0 bridgehead atoms. The van der Waals surface area contributed by atoms with E-state index in [2.05, 4.69) is 44.5 Å². The second-order valence-corrected chi connectivity index (χ2v) is 7.71. The van der Waals surface area contributed by atoms with Gasteiger partial charge < -0.3 is 15.4 Å². The first-order valence-electron chi connectivity index (χ1n) is 10.4. The van der Waals surface area contributed by atoms with E-state index in [0.29, 0.717) is 18.5 Å². The Kier molecular flexibility index (Phi) is 10.5. The molecule has 3 heterocycles. The molecule has 0 saturated carbocycles. The minimum Gasteiger partial charge on any atom is -0.379 e. The molecule has 0 aromatic carbocycles. The van der Waals surface area contributed by atoms with Gasteiger partial charge in [0, 0.05) is 57.9 Å². The Balaban J connectivity index is 0.00000320. The Labute approximate surface area is 196 Å². The van der Waals surface area contributed by atoms with Gasteiger partial charge in [0.15, 0.2) is 11.8 Å². The van der Waals surface area contributed by atoms with Crippen LogP contribution in [0.4, 0.5) is 0 Å². The highest BCUT2D eigenvalue weighted by Gasteiger charge is 2.22. The van der Waals surface area contributed by atoms with Crippen molar-refractivity contribution in [2.45, 2.75) is 32.9 Å². The molecular weight excluding hydrogens is 493 g/mol. The first-order chi connectivity index (χ1) is 14.2. The Bertz CT molecular complexity index is 760. The molecule has 2 aromatic rings. The number of rotatable bonds is 8. The number of pyridine rings is 1. The predicted molar refractivity (Wildman–Crippen MR) is 131 cm³/mol. The second-order valence-electron chi connectivity index (χ2n) is 7.71. The fraction of sp³-hybridized carbons (Fsp3) is 0.571. The summed E-state index contributed by atoms with van der Waals surface area (Å²) >= 11 is 0. The van der Waals surface area contributed by atoms with Crippen LogP contribution in [0.15, 0.2) is 41.8 Å². The van der Waals surface area contributed by atoms with E-state index in [1.807, 2.05) is 31.4 Å². The Morgan fingerprint density at radius 2 is 2.03 bits per heavy atom. The number of hydrogen-bond acceptors (Lipinski definition) is 5. The van der Waals surface area contributed by atoms with Crippen molar-refractivity contribution < 1.29 is 4.74 Å². The number of nitrogens with zero attached hydrogens (tertiary/aromatic N) is 5. The predicted octanol–water partition coefficient (Wildman–Crippen LogP) is 2.30. The molecule has 1 unspecified atom stereocenters. The van der Waals surface area contributed by atoms with Crippen LogP contribution >= 0.6 is 24.0 Å². The van der Waals surface area contributed by atoms with Gasteiger partial charge in [0.25, 0.3) is 0 Å². The van der Waals surface area contributed by atoms with Crippen LogP contribution in [0.2, 0.25) is 0 Å². The van der Waals surface area contributed by atoms with Gasteiger partial charge in [-0.1, -0.05) is 13.8 Å². The van der Waals surface area contributed by atoms with Crippen LogP contribution in [0.5, 0.6) is 0 Å². The number of nitrogens with one attached hydrogen (secondary N) is 2. The molecule has 1 aliphatic rings. The van der Waals surface area contributed by atoms with Gasteiger partial charge in [-0.3, -0.25) is 9.89 Å². The molecule has 166 valence electrons. The lowest BCUT2D eigenvalue weighted by molar-refractivity contribution is 0.0132. The molecule has 3 rings (SSSR count). The molecule has 2 N–H and O–H groups in total. The number of morpholine rings is 1. The van der Waals surface area contributed by atoms with Gasteiger partial charge in [0.1, 0.15) is 0 Å². The smallest absolute Gasteiger partial charge is 0.191 e. The highest BCUT2D eigenvalue weighted by molar-refractivity contribution is 14.0. The lowest BCUT2D eigenvalue weighted by atomic mass is 10.0. The maximum atomic E-state index is 5.52. The van der Waals surface area contributed by atoms with Crippen molar-refractivity contribution in [1.82, 2.24) is 30.3 Å². The van der Waals surface area contributed by atoms with E-state index in [0.717, 1.165) is 56.6 Å². The highest BCUT2D eigenvalue weighted by Crippen LogP contribution is 2.13. The van der Waals surface area contributed by atoms with Gasteiger partial charge in [0.2, 0.25) is 0 Å². The van der Waals surface area contributed by atoms with Crippen molar-refractivity contribution in [3.05, 3.63) is 42.4 Å². The topological polar surface area (TPSA) is 79.6 Å². The molecule has 0 spiro atoms. The lowest BCUT2D eigenvalue weighted by Gasteiger charge is -2.35. The summed E-state index contributed by atoms with van der Waals surface area (Å²) in [6, 6.07) is 6.40. The number of aromatic nitrogens is 3. The van der Waals surface area contributed by atoms with E-state index in [9.17, 15) is 0 Å². The first-order valence-corrected chi connectivity index (χ1v) is 10.4. The van der Waals surface area contributed by atoms with Crippen LogP contribution in [0.1, 0.15) is 25.8 Å². The summed E-state index contributed by atoms with van der Waals surface area (Å²) in [4.78, 5) is 11.3. The molecule has 1 aliphatic heterocycles. The maximum absolute atomic E-state index is 5.52. The average molecular weight is 527 g/mol. The molecular formula is C21H34IN7O. The van der Waals surface area contributed by atoms with Crippen molar-refractivity contribution in [3.8, 4) is 5.82 Å². The molecule has 0 radical (unpaired) electrons. The fourth-order valence-corrected chi connectivity index (χ4v) is 3.57. The average Bonchev–Trinajstić information content (AvgIpc) is 3.28. The third kappa shape index (κ3) is 7.51. The minimum absolute atomic E-state index is 0. The van der Waals surface area contributed by atoms with Crippen molar-refractivity contribution in [1.29, 1.82) is 0 Å². The molecule has 2 aromatic heterocycles. The summed E-state index contributed by atoms with van der Waals surface area (Å²) in [5, 5.41) is 11.2. The van der Waals surface area contributed by atoms with Crippen molar-refractivity contribution in [2.24, 2.45) is 10.9 Å². The van der Waals surface area contributed by atoms with E-state index in [-0.39, 0.29) is 24.0 Å². The third-order valence-corrected chi connectivity index (χ3v) is 5.04. The first kappa shape index (κ1) is 24.5. The summed E-state index contributed by atoms with van der Waals surface area (Å²) in [5.41, 5.74) is 1.13. The number of guanidine groups is 1. The summed E-state index contributed by atoms with van der Waals surface area (Å²) in [6.07, 6.45) is 6.60. The zero-order valence-electron chi connectivity index (χ0n) is 18.1. The zero-order valence-corrected chi connectivity index (χ0v) is 20.5. The largest absolute Gasteiger partial charge is 0.379 e. The molecule has 0 amide bonds. The van der Waals surface area contributed by atoms with Gasteiger partial charge in [0.05, 0.1) is 13.2 Å². The molecule has 0 aliphatic carbocycles. The highest BCUT2D eigenvalue weighted by atomic mass is 127. The van der Waals surface area contributed by atoms with Crippen LogP contribution < -0.4 is 10.6 Å². The molecule has 1 atom stereocenters. The van der Waals surface area contributed by atoms with Crippen molar-refractivity contribution >= 4 is 29.9 Å². The Hall–Kier alpha value is -1.72. The molecule has 9 heteroatoms. The monoisotopic (exact) mass is 527 g/mol. The summed E-state index contributed by atoms with van der Waals surface area (Å²) < 4.78 is 7.28. The minimum atomic E-state index is 0. The van der Waals surface area contributed by atoms with Crippen molar-refractivity contribution in [2.75, 3.05) is 39.9 Å². The van der Waals surface area contributed by atoms with Gasteiger partial charge >= 0.3 is 0 Å². The summed E-state index contributed by atoms with van der Waals surface area (Å²) in [7, 11) is 1.81. The second kappa shape index (κ2) is 12.9. The SMILES string of the molecule is CN=C(NCc1ccnc(-n2cccn2)c1)NCC(CC(C)C)N1CCOCC1.I. The van der Waals surface area contributed by atoms with E-state index in [1.165, 1.54) is 0 Å². The quantitative estimate of drug-likeness (QED) is 0.312. The van der Waals surface area contributed by atoms with Gasteiger partial charge in [-0.15, -0.1) is 24.0 Å². The molecule has 8 nitrogen and oxygen atoms in total. The van der Waals surface area contributed by atoms with E-state index >= 15 is 0 Å². The maximum Gasteiger partial charge on any atom is 0.191 e. The molecule has 1 saturated heterocycles. The normalized spacial score (nSPS) is 16.2. The number of aliphatic imine (C=N–C) groups is 1. The standard InChI is InChI=1S/C21H33N7O.HI/c1-17(2)13-19(27-9-11-29-12-10-27)16-25-21(22-3)24-15-18-5-7-23-20(14-18)28-8-4-6-26-28;/h4-8,14,17,19H,9-13,15-16H2,1-3H3,(H2,22,24,25);1H. The zero-order chi connectivity index (χ0) is 20.5. The Morgan fingerprint density at radius 3 is 2.70 bits per heavy atom. The van der Waals surface area contributed by atoms with Crippen LogP contribution in [-0.4, -0.2) is 71.6 Å². The van der Waals surface area contributed by atoms with Crippen LogP contribution in [0.3, 0.4) is 0 Å². The van der Waals surface area contributed by atoms with E-state index < -0.39 is 0 Å². The van der Waals surface area contributed by atoms with Gasteiger partial charge in [-0.05, 0) is 36.1 Å². The van der Waals surface area contributed by atoms with Gasteiger partial charge in [-0.25, -0.2) is 9.67 Å². The number of halogens is 1. The molecule has 30 heavy (non-hydrogen) atoms. The number of hydrogen-bond donors (Lipinski definition) is 2. The number of ether oxygens (including phenoxy) is 1.